The first-order chi connectivity index (χ1) is 9.48. The highest BCUT2D eigenvalue weighted by Crippen LogP contribution is 2.40. The minimum absolute atomic E-state index is 0.0518. The maximum absolute atomic E-state index is 12.6. The number of hydrogen-bond acceptors (Lipinski definition) is 2. The molecular weight excluding hydrogens is 272 g/mol. The van der Waals surface area contributed by atoms with E-state index >= 15 is 0 Å². The predicted molar refractivity (Wildman–Crippen MR) is 80.8 cm³/mol. The molecule has 1 amide bonds. The standard InChI is InChI=1S/C16H21ClN2O/c1-16(2)14-9-18-8-12(14)10-19(16)15(20)7-11-4-3-5-13(17)6-11/h3-6,12,14,18H,7-10H2,1-2H3. The van der Waals surface area contributed by atoms with Crippen molar-refractivity contribution in [2.75, 3.05) is 19.6 Å². The van der Waals surface area contributed by atoms with Crippen LogP contribution in [0.2, 0.25) is 5.02 Å². The minimum Gasteiger partial charge on any atom is -0.337 e. The topological polar surface area (TPSA) is 32.3 Å². The molecule has 2 aliphatic heterocycles. The molecule has 4 heteroatoms. The SMILES string of the molecule is CC1(C)C2CNCC2CN1C(=O)Cc1cccc(Cl)c1. The monoisotopic (exact) mass is 292 g/mol. The molecule has 20 heavy (non-hydrogen) atoms. The van der Waals surface area contributed by atoms with Gasteiger partial charge in [-0.2, -0.15) is 0 Å². The van der Waals surface area contributed by atoms with Gasteiger partial charge in [-0.05, 0) is 43.4 Å². The molecule has 0 saturated carbocycles. The highest BCUT2D eigenvalue weighted by Gasteiger charge is 2.50. The summed E-state index contributed by atoms with van der Waals surface area (Å²) < 4.78 is 0. The van der Waals surface area contributed by atoms with E-state index in [9.17, 15) is 4.79 Å². The molecule has 0 bridgehead atoms. The van der Waals surface area contributed by atoms with Gasteiger partial charge in [0.2, 0.25) is 5.91 Å². The summed E-state index contributed by atoms with van der Waals surface area (Å²) in [5, 5.41) is 4.13. The highest BCUT2D eigenvalue weighted by atomic mass is 35.5. The van der Waals surface area contributed by atoms with Crippen LogP contribution in [0.15, 0.2) is 24.3 Å². The normalized spacial score (nSPS) is 27.6. The molecule has 3 rings (SSSR count). The Morgan fingerprint density at radius 3 is 2.95 bits per heavy atom. The van der Waals surface area contributed by atoms with Crippen LogP contribution in [0.4, 0.5) is 0 Å². The molecule has 2 saturated heterocycles. The van der Waals surface area contributed by atoms with E-state index in [4.69, 9.17) is 11.6 Å². The Hall–Kier alpha value is -1.06. The Balaban J connectivity index is 1.75. The number of benzene rings is 1. The van der Waals surface area contributed by atoms with Crippen LogP contribution in [0.1, 0.15) is 19.4 Å². The van der Waals surface area contributed by atoms with Gasteiger partial charge in [0.05, 0.1) is 6.42 Å². The average molecular weight is 293 g/mol. The molecule has 1 N–H and O–H groups in total. The van der Waals surface area contributed by atoms with Crippen molar-refractivity contribution in [2.24, 2.45) is 11.8 Å². The van der Waals surface area contributed by atoms with Crippen LogP contribution in [0.5, 0.6) is 0 Å². The number of carbonyl (C=O) groups is 1. The fourth-order valence-corrected chi connectivity index (χ4v) is 3.97. The van der Waals surface area contributed by atoms with E-state index < -0.39 is 0 Å². The lowest BCUT2D eigenvalue weighted by Crippen LogP contribution is -2.48. The van der Waals surface area contributed by atoms with Crippen molar-refractivity contribution in [1.82, 2.24) is 10.2 Å². The third-order valence-corrected chi connectivity index (χ3v) is 5.14. The smallest absolute Gasteiger partial charge is 0.227 e. The average Bonchev–Trinajstić information content (AvgIpc) is 2.92. The number of nitrogens with one attached hydrogen (secondary N) is 1. The van der Waals surface area contributed by atoms with Crippen molar-refractivity contribution in [2.45, 2.75) is 25.8 Å². The van der Waals surface area contributed by atoms with Gasteiger partial charge in [-0.1, -0.05) is 23.7 Å². The molecule has 0 spiro atoms. The molecule has 1 aromatic carbocycles. The molecule has 2 heterocycles. The molecule has 0 aliphatic carbocycles. The van der Waals surface area contributed by atoms with Gasteiger partial charge in [0.1, 0.15) is 0 Å². The summed E-state index contributed by atoms with van der Waals surface area (Å²) in [6.07, 6.45) is 0.441. The Morgan fingerprint density at radius 2 is 2.25 bits per heavy atom. The van der Waals surface area contributed by atoms with Gasteiger partial charge >= 0.3 is 0 Å². The van der Waals surface area contributed by atoms with E-state index in [0.717, 1.165) is 25.2 Å². The molecule has 1 aromatic rings. The fourth-order valence-electron chi connectivity index (χ4n) is 3.76. The first kappa shape index (κ1) is 13.9. The van der Waals surface area contributed by atoms with Crippen molar-refractivity contribution in [3.8, 4) is 0 Å². The van der Waals surface area contributed by atoms with Crippen LogP contribution < -0.4 is 5.32 Å². The Bertz CT molecular complexity index is 529. The maximum Gasteiger partial charge on any atom is 0.227 e. The summed E-state index contributed by atoms with van der Waals surface area (Å²) in [6, 6.07) is 7.59. The minimum atomic E-state index is -0.0518. The molecule has 0 radical (unpaired) electrons. The van der Waals surface area contributed by atoms with Gasteiger partial charge in [-0.25, -0.2) is 0 Å². The Kier molecular flexibility index (Phi) is 3.51. The summed E-state index contributed by atoms with van der Waals surface area (Å²) in [4.78, 5) is 14.7. The highest BCUT2D eigenvalue weighted by molar-refractivity contribution is 6.30. The third kappa shape index (κ3) is 2.33. The van der Waals surface area contributed by atoms with Gasteiger partial charge < -0.3 is 10.2 Å². The van der Waals surface area contributed by atoms with Gasteiger partial charge in [0.15, 0.2) is 0 Å². The van der Waals surface area contributed by atoms with E-state index in [1.807, 2.05) is 24.3 Å². The number of amides is 1. The van der Waals surface area contributed by atoms with Gasteiger partial charge in [0.25, 0.3) is 0 Å². The summed E-state index contributed by atoms with van der Waals surface area (Å²) in [7, 11) is 0. The molecule has 2 unspecified atom stereocenters. The summed E-state index contributed by atoms with van der Waals surface area (Å²) >= 11 is 5.99. The number of rotatable bonds is 2. The van der Waals surface area contributed by atoms with Gasteiger partial charge in [0, 0.05) is 30.2 Å². The summed E-state index contributed by atoms with van der Waals surface area (Å²) in [5.74, 6) is 1.39. The fraction of sp³-hybridized carbons (Fsp3) is 0.562. The Labute approximate surface area is 125 Å². The summed E-state index contributed by atoms with van der Waals surface area (Å²) in [6.45, 7) is 7.33. The second kappa shape index (κ2) is 5.05. The number of carbonyl (C=O) groups excluding carboxylic acids is 1. The first-order valence-electron chi connectivity index (χ1n) is 7.24. The molecule has 2 fully saturated rings. The van der Waals surface area contributed by atoms with Crippen molar-refractivity contribution in [1.29, 1.82) is 0 Å². The van der Waals surface area contributed by atoms with Crippen LogP contribution in [-0.2, 0) is 11.2 Å². The lowest BCUT2D eigenvalue weighted by Gasteiger charge is -2.35. The van der Waals surface area contributed by atoms with Crippen LogP contribution in [0.25, 0.3) is 0 Å². The second-order valence-corrected chi connectivity index (χ2v) is 6.93. The maximum atomic E-state index is 12.6. The molecular formula is C16H21ClN2O. The number of likely N-dealkylation sites (tertiary alicyclic amines) is 1. The van der Waals surface area contributed by atoms with Gasteiger partial charge in [-0.15, -0.1) is 0 Å². The predicted octanol–water partition coefficient (Wildman–Crippen LogP) is 2.34. The zero-order chi connectivity index (χ0) is 14.3. The van der Waals surface area contributed by atoms with Crippen molar-refractivity contribution >= 4 is 17.5 Å². The van der Waals surface area contributed by atoms with Crippen LogP contribution in [0.3, 0.4) is 0 Å². The lowest BCUT2D eigenvalue weighted by molar-refractivity contribution is -0.134. The molecule has 0 aromatic heterocycles. The van der Waals surface area contributed by atoms with Crippen LogP contribution in [-0.4, -0.2) is 36.0 Å². The number of hydrogen-bond donors (Lipinski definition) is 1. The van der Waals surface area contributed by atoms with Crippen LogP contribution >= 0.6 is 11.6 Å². The zero-order valence-electron chi connectivity index (χ0n) is 12.0. The largest absolute Gasteiger partial charge is 0.337 e. The quantitative estimate of drug-likeness (QED) is 0.907. The molecule has 3 nitrogen and oxygen atoms in total. The first-order valence-corrected chi connectivity index (χ1v) is 7.62. The number of halogens is 1. The molecule has 108 valence electrons. The van der Waals surface area contributed by atoms with Crippen LogP contribution in [0, 0.1) is 11.8 Å². The van der Waals surface area contributed by atoms with Crippen molar-refractivity contribution < 1.29 is 4.79 Å². The third-order valence-electron chi connectivity index (χ3n) is 4.91. The second-order valence-electron chi connectivity index (χ2n) is 6.49. The van der Waals surface area contributed by atoms with E-state index in [1.165, 1.54) is 0 Å². The summed E-state index contributed by atoms with van der Waals surface area (Å²) in [5.41, 5.74) is 0.942. The van der Waals surface area contributed by atoms with Crippen molar-refractivity contribution in [3.05, 3.63) is 34.9 Å². The van der Waals surface area contributed by atoms with Crippen molar-refractivity contribution in [3.63, 3.8) is 0 Å². The number of fused-ring (bicyclic) bond motifs is 1. The lowest BCUT2D eigenvalue weighted by atomic mass is 9.85. The van der Waals surface area contributed by atoms with Gasteiger partial charge in [-0.3, -0.25) is 4.79 Å². The van der Waals surface area contributed by atoms with E-state index in [2.05, 4.69) is 24.1 Å². The van der Waals surface area contributed by atoms with E-state index in [1.54, 1.807) is 0 Å². The number of nitrogens with zero attached hydrogens (tertiary/aromatic N) is 1. The molecule has 2 aliphatic rings. The van der Waals surface area contributed by atoms with E-state index in [0.29, 0.717) is 23.3 Å². The molecule has 2 atom stereocenters. The van der Waals surface area contributed by atoms with E-state index in [-0.39, 0.29) is 11.4 Å². The zero-order valence-corrected chi connectivity index (χ0v) is 12.8. The Morgan fingerprint density at radius 1 is 1.45 bits per heavy atom.